The molecule has 0 saturated carbocycles. The molecule has 7 rings (SSSR count). The molecule has 4 aromatic rings. The van der Waals surface area contributed by atoms with Crippen LogP contribution in [0.2, 0.25) is 0 Å². The Hall–Kier alpha value is -3.84. The van der Waals surface area contributed by atoms with Crippen LogP contribution in [0.15, 0.2) is 103 Å². The highest BCUT2D eigenvalue weighted by Gasteiger charge is 2.38. The van der Waals surface area contributed by atoms with Crippen molar-refractivity contribution in [1.29, 1.82) is 0 Å². The van der Waals surface area contributed by atoms with Crippen LogP contribution in [0.4, 0.5) is 11.4 Å². The van der Waals surface area contributed by atoms with Gasteiger partial charge >= 0.3 is 0 Å². The van der Waals surface area contributed by atoms with Crippen molar-refractivity contribution >= 4 is 16.9 Å². The van der Waals surface area contributed by atoms with E-state index in [1.807, 2.05) is 0 Å². The highest BCUT2D eigenvalue weighted by Crippen LogP contribution is 2.50. The molecule has 1 heteroatoms. The molecule has 0 aromatic heterocycles. The van der Waals surface area contributed by atoms with E-state index in [2.05, 4.69) is 122 Å². The Morgan fingerprint density at radius 2 is 1.59 bits per heavy atom. The summed E-state index contributed by atoms with van der Waals surface area (Å²) in [5.74, 6) is 0.343. The fraction of sp³-hybridized carbons (Fsp3) is 0.152. The number of fused-ring (bicyclic) bond motifs is 6. The number of anilines is 2. The lowest BCUT2D eigenvalue weighted by Crippen LogP contribution is -2.29. The molecule has 0 amide bonds. The lowest BCUT2D eigenvalue weighted by atomic mass is 9.85. The molecule has 0 N–H and O–H groups in total. The molecular weight excluding hydrogens is 410 g/mol. The van der Waals surface area contributed by atoms with Crippen LogP contribution < -0.4 is 4.90 Å². The van der Waals surface area contributed by atoms with E-state index in [1.165, 1.54) is 61.5 Å². The minimum Gasteiger partial charge on any atom is -0.333 e. The van der Waals surface area contributed by atoms with Crippen LogP contribution in [-0.4, -0.2) is 6.04 Å². The molecule has 34 heavy (non-hydrogen) atoms. The first-order valence-electron chi connectivity index (χ1n) is 12.2. The molecule has 4 aromatic carbocycles. The maximum atomic E-state index is 2.52. The molecule has 1 heterocycles. The minimum absolute atomic E-state index is 0.303. The largest absolute Gasteiger partial charge is 0.333 e. The van der Waals surface area contributed by atoms with Crippen LogP contribution in [0, 0.1) is 13.8 Å². The summed E-state index contributed by atoms with van der Waals surface area (Å²) in [5.41, 5.74) is 15.0. The van der Waals surface area contributed by atoms with E-state index in [0.29, 0.717) is 12.0 Å². The fourth-order valence-electron chi connectivity index (χ4n) is 6.10. The summed E-state index contributed by atoms with van der Waals surface area (Å²) < 4.78 is 0. The fourth-order valence-corrected chi connectivity index (χ4v) is 6.10. The monoisotopic (exact) mass is 437 g/mol. The topological polar surface area (TPSA) is 3.24 Å². The van der Waals surface area contributed by atoms with Gasteiger partial charge in [0.25, 0.3) is 0 Å². The molecule has 0 saturated heterocycles. The van der Waals surface area contributed by atoms with Gasteiger partial charge in [0.15, 0.2) is 0 Å². The normalized spacial score (nSPS) is 19.4. The van der Waals surface area contributed by atoms with Gasteiger partial charge in [0, 0.05) is 17.3 Å². The van der Waals surface area contributed by atoms with Crippen molar-refractivity contribution in [2.75, 3.05) is 4.90 Å². The first-order chi connectivity index (χ1) is 16.7. The smallest absolute Gasteiger partial charge is 0.0630 e. The summed E-state index contributed by atoms with van der Waals surface area (Å²) in [7, 11) is 0. The summed E-state index contributed by atoms with van der Waals surface area (Å²) in [4.78, 5) is 2.52. The first-order valence-corrected chi connectivity index (χ1v) is 12.2. The molecule has 0 radical (unpaired) electrons. The van der Waals surface area contributed by atoms with E-state index < -0.39 is 0 Å². The number of allylic oxidation sites excluding steroid dienone is 2. The number of nitrogens with zero attached hydrogens (tertiary/aromatic N) is 1. The Balaban J connectivity index is 1.32. The molecule has 0 bridgehead atoms. The zero-order chi connectivity index (χ0) is 22.8. The van der Waals surface area contributed by atoms with Crippen molar-refractivity contribution in [3.05, 3.63) is 137 Å². The quantitative estimate of drug-likeness (QED) is 0.269. The summed E-state index contributed by atoms with van der Waals surface area (Å²) in [6.45, 7) is 4.37. The zero-order valence-corrected chi connectivity index (χ0v) is 19.6. The molecule has 1 nitrogen and oxygen atoms in total. The van der Waals surface area contributed by atoms with E-state index in [-0.39, 0.29) is 0 Å². The van der Waals surface area contributed by atoms with Crippen molar-refractivity contribution < 1.29 is 0 Å². The molecule has 1 aliphatic heterocycles. The Bertz CT molecular complexity index is 1520. The predicted molar refractivity (Wildman–Crippen MR) is 143 cm³/mol. The third-order valence-corrected chi connectivity index (χ3v) is 7.71. The molecule has 0 fully saturated rings. The van der Waals surface area contributed by atoms with Gasteiger partial charge in [0.05, 0.1) is 6.04 Å². The SMILES string of the molecule is Cc1cccc(N2c3ccc(C)cc3C3C=C(c4ccc5c(c4)-c4ccccc4C5)C=CC32)c1. The minimum atomic E-state index is 0.303. The van der Waals surface area contributed by atoms with Gasteiger partial charge in [-0.15, -0.1) is 0 Å². The average Bonchev–Trinajstić information content (AvgIpc) is 3.38. The molecule has 0 spiro atoms. The Kier molecular flexibility index (Phi) is 4.23. The maximum Gasteiger partial charge on any atom is 0.0630 e. The summed E-state index contributed by atoms with van der Waals surface area (Å²) >= 11 is 0. The van der Waals surface area contributed by atoms with Gasteiger partial charge in [-0.05, 0) is 89.1 Å². The van der Waals surface area contributed by atoms with Crippen LogP contribution in [0.1, 0.15) is 39.3 Å². The second-order valence-corrected chi connectivity index (χ2v) is 9.97. The van der Waals surface area contributed by atoms with E-state index in [0.717, 1.165) is 6.42 Å². The molecular formula is C33H27N. The molecule has 3 aliphatic rings. The van der Waals surface area contributed by atoms with E-state index in [1.54, 1.807) is 0 Å². The molecule has 164 valence electrons. The summed E-state index contributed by atoms with van der Waals surface area (Å²) in [5, 5.41) is 0. The number of benzene rings is 4. The summed E-state index contributed by atoms with van der Waals surface area (Å²) in [6, 6.07) is 32.0. The van der Waals surface area contributed by atoms with Gasteiger partial charge in [-0.25, -0.2) is 0 Å². The summed E-state index contributed by atoms with van der Waals surface area (Å²) in [6.07, 6.45) is 8.30. The number of hydrogen-bond donors (Lipinski definition) is 0. The average molecular weight is 438 g/mol. The van der Waals surface area contributed by atoms with Crippen LogP contribution in [-0.2, 0) is 6.42 Å². The molecule has 2 atom stereocenters. The van der Waals surface area contributed by atoms with Crippen molar-refractivity contribution in [3.63, 3.8) is 0 Å². The van der Waals surface area contributed by atoms with E-state index in [4.69, 9.17) is 0 Å². The second kappa shape index (κ2) is 7.33. The van der Waals surface area contributed by atoms with Gasteiger partial charge in [-0.3, -0.25) is 0 Å². The van der Waals surface area contributed by atoms with Crippen LogP contribution in [0.25, 0.3) is 16.7 Å². The van der Waals surface area contributed by atoms with Crippen molar-refractivity contribution in [3.8, 4) is 11.1 Å². The number of hydrogen-bond acceptors (Lipinski definition) is 1. The Morgan fingerprint density at radius 1 is 0.735 bits per heavy atom. The maximum absolute atomic E-state index is 2.52. The Labute approximate surface area is 201 Å². The van der Waals surface area contributed by atoms with Crippen LogP contribution in [0.5, 0.6) is 0 Å². The molecule has 2 unspecified atom stereocenters. The standard InChI is InChI=1S/C33H27N/c1-21-6-5-8-27(16-21)34-32-14-10-22(2)17-30(32)31-20-24(13-15-33(31)34)23-11-12-26-18-25-7-3-4-9-28(25)29(26)19-23/h3-17,19-20,31,33H,18H2,1-2H3. The van der Waals surface area contributed by atoms with Crippen LogP contribution in [0.3, 0.4) is 0 Å². The van der Waals surface area contributed by atoms with Gasteiger partial charge in [0.2, 0.25) is 0 Å². The third-order valence-electron chi connectivity index (χ3n) is 7.71. The van der Waals surface area contributed by atoms with E-state index >= 15 is 0 Å². The number of aryl methyl sites for hydroxylation is 2. The van der Waals surface area contributed by atoms with Crippen molar-refractivity contribution in [1.82, 2.24) is 0 Å². The number of rotatable bonds is 2. The lowest BCUT2D eigenvalue weighted by Gasteiger charge is -2.30. The second-order valence-electron chi connectivity index (χ2n) is 9.97. The van der Waals surface area contributed by atoms with Crippen molar-refractivity contribution in [2.24, 2.45) is 0 Å². The van der Waals surface area contributed by atoms with Gasteiger partial charge in [0.1, 0.15) is 0 Å². The highest BCUT2D eigenvalue weighted by atomic mass is 15.2. The lowest BCUT2D eigenvalue weighted by molar-refractivity contribution is 0.746. The van der Waals surface area contributed by atoms with Gasteiger partial charge < -0.3 is 4.90 Å². The van der Waals surface area contributed by atoms with E-state index in [9.17, 15) is 0 Å². The van der Waals surface area contributed by atoms with Crippen molar-refractivity contribution in [2.45, 2.75) is 32.2 Å². The predicted octanol–water partition coefficient (Wildman–Crippen LogP) is 8.13. The van der Waals surface area contributed by atoms with Gasteiger partial charge in [-0.2, -0.15) is 0 Å². The van der Waals surface area contributed by atoms with Crippen LogP contribution >= 0.6 is 0 Å². The third kappa shape index (κ3) is 2.93. The Morgan fingerprint density at radius 3 is 2.50 bits per heavy atom. The molecule has 2 aliphatic carbocycles. The highest BCUT2D eigenvalue weighted by molar-refractivity contribution is 5.86. The first kappa shape index (κ1) is 19.6. The zero-order valence-electron chi connectivity index (χ0n) is 19.6. The van der Waals surface area contributed by atoms with Gasteiger partial charge in [-0.1, -0.05) is 84.5 Å².